The third-order valence-corrected chi connectivity index (χ3v) is 3.42. The Bertz CT molecular complexity index is 669. The first-order valence-corrected chi connectivity index (χ1v) is 5.90. The van der Waals surface area contributed by atoms with Gasteiger partial charge in [0.15, 0.2) is 0 Å². The van der Waals surface area contributed by atoms with Crippen LogP contribution in [0.3, 0.4) is 0 Å². The molecule has 2 heterocycles. The molecule has 2 aromatic rings. The van der Waals surface area contributed by atoms with Crippen LogP contribution in [0.5, 0.6) is 5.75 Å². The van der Waals surface area contributed by atoms with Crippen LogP contribution in [0, 0.1) is 0 Å². The lowest BCUT2D eigenvalue weighted by atomic mass is 10.00. The Morgan fingerprint density at radius 1 is 1.28 bits per heavy atom. The summed E-state index contributed by atoms with van der Waals surface area (Å²) in [4.78, 5) is 11.3. The number of aromatic hydroxyl groups is 1. The maximum Gasteiger partial charge on any atom is 0.336 e. The minimum atomic E-state index is -0.412. The zero-order chi connectivity index (χ0) is 12.9. The summed E-state index contributed by atoms with van der Waals surface area (Å²) in [6.45, 7) is 3.99. The highest BCUT2D eigenvalue weighted by atomic mass is 16.6. The Labute approximate surface area is 104 Å². The highest BCUT2D eigenvalue weighted by Crippen LogP contribution is 2.40. The first-order chi connectivity index (χ1) is 8.47. The van der Waals surface area contributed by atoms with Gasteiger partial charge in [-0.2, -0.15) is 0 Å². The summed E-state index contributed by atoms with van der Waals surface area (Å²) in [6, 6.07) is 6.42. The largest absolute Gasteiger partial charge is 0.508 e. The average Bonchev–Trinajstić information content (AvgIpc) is 2.90. The third-order valence-electron chi connectivity index (χ3n) is 3.42. The summed E-state index contributed by atoms with van der Waals surface area (Å²) in [5.74, 6) is 0.142. The second kappa shape index (κ2) is 3.59. The fourth-order valence-electron chi connectivity index (χ4n) is 2.18. The second-order valence-corrected chi connectivity index (χ2v) is 5.15. The molecule has 1 N–H and O–H groups in total. The number of hydrogen-bond acceptors (Lipinski definition) is 4. The summed E-state index contributed by atoms with van der Waals surface area (Å²) in [5.41, 5.74) is 0.517. The Kier molecular flexibility index (Phi) is 2.25. The molecule has 0 spiro atoms. The van der Waals surface area contributed by atoms with Crippen LogP contribution in [0.4, 0.5) is 0 Å². The Hall–Kier alpha value is -1.81. The van der Waals surface area contributed by atoms with Crippen LogP contribution in [0.2, 0.25) is 0 Å². The van der Waals surface area contributed by atoms with Crippen molar-refractivity contribution in [2.45, 2.75) is 32.0 Å². The molecule has 1 aromatic carbocycles. The van der Waals surface area contributed by atoms with E-state index in [1.54, 1.807) is 18.2 Å². The van der Waals surface area contributed by atoms with E-state index in [-0.39, 0.29) is 17.5 Å². The maximum absolute atomic E-state index is 11.3. The lowest BCUT2D eigenvalue weighted by Gasteiger charge is -2.06. The zero-order valence-corrected chi connectivity index (χ0v) is 10.3. The van der Waals surface area contributed by atoms with Crippen molar-refractivity contribution in [1.82, 2.24) is 0 Å². The number of benzene rings is 1. The van der Waals surface area contributed by atoms with Crippen molar-refractivity contribution in [2.24, 2.45) is 0 Å². The van der Waals surface area contributed by atoms with Gasteiger partial charge in [-0.1, -0.05) is 0 Å². The van der Waals surface area contributed by atoms with Crippen molar-refractivity contribution in [3.8, 4) is 5.75 Å². The van der Waals surface area contributed by atoms with Crippen LogP contribution in [0.25, 0.3) is 11.0 Å². The van der Waals surface area contributed by atoms with Crippen LogP contribution in [-0.2, 0) is 11.2 Å². The predicted octanol–water partition coefficient (Wildman–Crippen LogP) is 2.22. The molecule has 1 saturated heterocycles. The highest BCUT2D eigenvalue weighted by molar-refractivity contribution is 5.82. The van der Waals surface area contributed by atoms with E-state index in [1.165, 1.54) is 6.07 Å². The first kappa shape index (κ1) is 11.3. The Morgan fingerprint density at radius 2 is 1.94 bits per heavy atom. The van der Waals surface area contributed by atoms with Gasteiger partial charge in [-0.05, 0) is 32.0 Å². The number of phenolic OH excluding ortho intramolecular Hbond substituents is 1. The molecular formula is C14H14O4. The predicted molar refractivity (Wildman–Crippen MR) is 66.8 cm³/mol. The van der Waals surface area contributed by atoms with Gasteiger partial charge in [-0.15, -0.1) is 0 Å². The summed E-state index contributed by atoms with van der Waals surface area (Å²) >= 11 is 0. The molecule has 0 aliphatic carbocycles. The summed E-state index contributed by atoms with van der Waals surface area (Å²) < 4.78 is 10.7. The standard InChI is InChI=1S/C14H14O4/c1-14(2)11(18-14)7-9-10(15)5-3-8-4-6-12(16)17-13(8)9/h3-6,11,15H,7H2,1-2H3. The molecule has 4 nitrogen and oxygen atoms in total. The molecule has 94 valence electrons. The molecule has 1 fully saturated rings. The smallest absolute Gasteiger partial charge is 0.336 e. The van der Waals surface area contributed by atoms with E-state index in [2.05, 4.69) is 0 Å². The van der Waals surface area contributed by atoms with Crippen LogP contribution in [0.1, 0.15) is 19.4 Å². The third kappa shape index (κ3) is 1.78. The van der Waals surface area contributed by atoms with Crippen LogP contribution in [-0.4, -0.2) is 16.8 Å². The van der Waals surface area contributed by atoms with E-state index in [4.69, 9.17) is 9.15 Å². The fourth-order valence-corrected chi connectivity index (χ4v) is 2.18. The molecule has 0 amide bonds. The molecule has 1 aromatic heterocycles. The van der Waals surface area contributed by atoms with Crippen molar-refractivity contribution < 1.29 is 14.3 Å². The number of rotatable bonds is 2. The van der Waals surface area contributed by atoms with Crippen molar-refractivity contribution >= 4 is 11.0 Å². The van der Waals surface area contributed by atoms with E-state index in [0.717, 1.165) is 5.39 Å². The summed E-state index contributed by atoms with van der Waals surface area (Å²) in [6.07, 6.45) is 0.600. The first-order valence-electron chi connectivity index (χ1n) is 5.90. The normalized spacial score (nSPS) is 21.1. The molecule has 0 radical (unpaired) electrons. The molecule has 0 bridgehead atoms. The molecule has 3 rings (SSSR count). The molecule has 1 aliphatic heterocycles. The molecule has 1 atom stereocenters. The van der Waals surface area contributed by atoms with Gasteiger partial charge in [0.1, 0.15) is 11.3 Å². The Morgan fingerprint density at radius 3 is 2.61 bits per heavy atom. The van der Waals surface area contributed by atoms with Gasteiger partial charge in [0.2, 0.25) is 0 Å². The minimum absolute atomic E-state index is 0.0551. The lowest BCUT2D eigenvalue weighted by molar-refractivity contribution is 0.322. The Balaban J connectivity index is 2.11. The molecule has 1 aliphatic rings. The van der Waals surface area contributed by atoms with Crippen molar-refractivity contribution in [2.75, 3.05) is 0 Å². The quantitative estimate of drug-likeness (QED) is 0.652. The van der Waals surface area contributed by atoms with Crippen molar-refractivity contribution in [3.63, 3.8) is 0 Å². The zero-order valence-electron chi connectivity index (χ0n) is 10.3. The number of fused-ring (bicyclic) bond motifs is 1. The summed E-state index contributed by atoms with van der Waals surface area (Å²) in [5, 5.41) is 10.7. The number of hydrogen-bond donors (Lipinski definition) is 1. The van der Waals surface area contributed by atoms with Gasteiger partial charge < -0.3 is 14.3 Å². The van der Waals surface area contributed by atoms with E-state index in [1.807, 2.05) is 13.8 Å². The van der Waals surface area contributed by atoms with Crippen molar-refractivity contribution in [3.05, 3.63) is 40.2 Å². The topological polar surface area (TPSA) is 63.0 Å². The SMILES string of the molecule is CC1(C)OC1Cc1c(O)ccc2ccc(=O)oc12. The molecule has 4 heteroatoms. The summed E-state index contributed by atoms with van der Waals surface area (Å²) in [7, 11) is 0. The molecule has 18 heavy (non-hydrogen) atoms. The number of epoxide rings is 1. The van der Waals surface area contributed by atoms with Crippen molar-refractivity contribution in [1.29, 1.82) is 0 Å². The number of phenols is 1. The number of ether oxygens (including phenoxy) is 1. The van der Waals surface area contributed by atoms with E-state index >= 15 is 0 Å². The van der Waals surface area contributed by atoms with Gasteiger partial charge in [0.25, 0.3) is 0 Å². The fraction of sp³-hybridized carbons (Fsp3) is 0.357. The molecule has 0 saturated carbocycles. The maximum atomic E-state index is 11.3. The lowest BCUT2D eigenvalue weighted by Crippen LogP contribution is -2.07. The second-order valence-electron chi connectivity index (χ2n) is 5.15. The monoisotopic (exact) mass is 246 g/mol. The van der Waals surface area contributed by atoms with Crippen LogP contribution >= 0.6 is 0 Å². The molecular weight excluding hydrogens is 232 g/mol. The van der Waals surface area contributed by atoms with E-state index in [0.29, 0.717) is 17.6 Å². The van der Waals surface area contributed by atoms with E-state index < -0.39 is 5.63 Å². The van der Waals surface area contributed by atoms with Gasteiger partial charge in [0.05, 0.1) is 11.7 Å². The van der Waals surface area contributed by atoms with Gasteiger partial charge in [-0.3, -0.25) is 0 Å². The van der Waals surface area contributed by atoms with Crippen LogP contribution in [0.15, 0.2) is 33.5 Å². The average molecular weight is 246 g/mol. The van der Waals surface area contributed by atoms with Crippen LogP contribution < -0.4 is 5.63 Å². The van der Waals surface area contributed by atoms with E-state index in [9.17, 15) is 9.90 Å². The van der Waals surface area contributed by atoms with Gasteiger partial charge in [0, 0.05) is 23.4 Å². The van der Waals surface area contributed by atoms with Gasteiger partial charge >= 0.3 is 5.63 Å². The highest BCUT2D eigenvalue weighted by Gasteiger charge is 2.48. The molecule has 1 unspecified atom stereocenters. The minimum Gasteiger partial charge on any atom is -0.508 e. The van der Waals surface area contributed by atoms with Gasteiger partial charge in [-0.25, -0.2) is 4.79 Å².